The third-order valence-electron chi connectivity index (χ3n) is 1.89. The average molecular weight is 228 g/mol. The second-order valence-electron chi connectivity index (χ2n) is 2.86. The normalized spacial score (nSPS) is 10.6. The minimum Gasteiger partial charge on any atom is -0.493 e. The quantitative estimate of drug-likeness (QED) is 0.840. The van der Waals surface area contributed by atoms with Gasteiger partial charge in [-0.05, 0) is 23.8 Å². The first-order valence-corrected chi connectivity index (χ1v) is 5.00. The molecule has 0 saturated carbocycles. The van der Waals surface area contributed by atoms with Gasteiger partial charge in [-0.1, -0.05) is 17.7 Å². The van der Waals surface area contributed by atoms with Gasteiger partial charge in [0.05, 0.1) is 7.11 Å². The highest BCUT2D eigenvalue weighted by molar-refractivity contribution is 6.25. The number of hydrogen-bond donors (Lipinski definition) is 1. The molecule has 3 nitrogen and oxygen atoms in total. The van der Waals surface area contributed by atoms with Crippen LogP contribution in [0.15, 0.2) is 29.8 Å². The minimum atomic E-state index is 0.418. The van der Waals surface area contributed by atoms with Crippen molar-refractivity contribution in [1.29, 1.82) is 0 Å². The summed E-state index contributed by atoms with van der Waals surface area (Å²) in [5.41, 5.74) is 7.94. The van der Waals surface area contributed by atoms with Gasteiger partial charge in [-0.15, -0.1) is 0 Å². The van der Waals surface area contributed by atoms with Crippen molar-refractivity contribution in [3.05, 3.63) is 35.4 Å². The van der Waals surface area contributed by atoms with E-state index in [4.69, 9.17) is 26.8 Å². The van der Waals surface area contributed by atoms with Crippen molar-refractivity contribution in [1.82, 2.24) is 0 Å². The maximum absolute atomic E-state index is 5.52. The molecule has 1 rings (SSSR count). The summed E-state index contributed by atoms with van der Waals surface area (Å²) in [4.78, 5) is 0. The molecule has 2 N–H and O–H groups in total. The van der Waals surface area contributed by atoms with Crippen molar-refractivity contribution in [2.75, 3.05) is 13.7 Å². The highest BCUT2D eigenvalue weighted by atomic mass is 35.5. The van der Waals surface area contributed by atoms with E-state index in [9.17, 15) is 0 Å². The highest BCUT2D eigenvalue weighted by Gasteiger charge is 2.03. The number of benzene rings is 1. The van der Waals surface area contributed by atoms with Gasteiger partial charge in [-0.2, -0.15) is 0 Å². The molecule has 0 saturated heterocycles. The Balaban J connectivity index is 2.78. The van der Waals surface area contributed by atoms with E-state index in [2.05, 4.69) is 0 Å². The fourth-order valence-electron chi connectivity index (χ4n) is 1.13. The SMILES string of the molecule is COc1cc(CN)ccc1OC/C=C/Cl. The average Bonchev–Trinajstić information content (AvgIpc) is 2.29. The summed E-state index contributed by atoms with van der Waals surface area (Å²) in [6, 6.07) is 5.60. The predicted molar refractivity (Wildman–Crippen MR) is 61.4 cm³/mol. The Kier molecular flexibility index (Phi) is 5.01. The molecule has 0 aliphatic heterocycles. The van der Waals surface area contributed by atoms with Crippen LogP contribution in [-0.2, 0) is 6.54 Å². The molecule has 0 fully saturated rings. The first kappa shape index (κ1) is 11.9. The number of ether oxygens (including phenoxy) is 2. The van der Waals surface area contributed by atoms with Gasteiger partial charge in [0.2, 0.25) is 0 Å². The Morgan fingerprint density at radius 3 is 2.80 bits per heavy atom. The number of hydrogen-bond acceptors (Lipinski definition) is 3. The van der Waals surface area contributed by atoms with Crippen LogP contribution in [-0.4, -0.2) is 13.7 Å². The molecule has 1 aromatic carbocycles. The lowest BCUT2D eigenvalue weighted by Gasteiger charge is -2.10. The van der Waals surface area contributed by atoms with Crippen LogP contribution < -0.4 is 15.2 Å². The van der Waals surface area contributed by atoms with E-state index in [0.29, 0.717) is 24.7 Å². The van der Waals surface area contributed by atoms with E-state index in [1.165, 1.54) is 5.54 Å². The number of halogens is 1. The van der Waals surface area contributed by atoms with Crippen LogP contribution in [0.3, 0.4) is 0 Å². The summed E-state index contributed by atoms with van der Waals surface area (Å²) >= 11 is 5.38. The zero-order valence-electron chi connectivity index (χ0n) is 8.57. The number of nitrogens with two attached hydrogens (primary N) is 1. The zero-order valence-corrected chi connectivity index (χ0v) is 9.33. The van der Waals surface area contributed by atoms with E-state index < -0.39 is 0 Å². The summed E-state index contributed by atoms with van der Waals surface area (Å²) < 4.78 is 10.6. The van der Waals surface area contributed by atoms with Gasteiger partial charge >= 0.3 is 0 Å². The predicted octanol–water partition coefficient (Wildman–Crippen LogP) is 2.29. The molecule has 1 aromatic rings. The molecule has 0 bridgehead atoms. The number of methoxy groups -OCH3 is 1. The van der Waals surface area contributed by atoms with Crippen molar-refractivity contribution in [3.63, 3.8) is 0 Å². The minimum absolute atomic E-state index is 0.418. The second-order valence-corrected chi connectivity index (χ2v) is 3.11. The smallest absolute Gasteiger partial charge is 0.161 e. The van der Waals surface area contributed by atoms with Crippen LogP contribution in [0.2, 0.25) is 0 Å². The van der Waals surface area contributed by atoms with E-state index in [0.717, 1.165) is 5.56 Å². The molecule has 0 radical (unpaired) electrons. The molecule has 0 atom stereocenters. The molecule has 0 amide bonds. The monoisotopic (exact) mass is 227 g/mol. The van der Waals surface area contributed by atoms with Gasteiger partial charge in [0.25, 0.3) is 0 Å². The van der Waals surface area contributed by atoms with Crippen molar-refractivity contribution in [3.8, 4) is 11.5 Å². The van der Waals surface area contributed by atoms with E-state index in [-0.39, 0.29) is 0 Å². The molecule has 0 spiro atoms. The fraction of sp³-hybridized carbons (Fsp3) is 0.273. The van der Waals surface area contributed by atoms with Crippen molar-refractivity contribution < 1.29 is 9.47 Å². The molecule has 4 heteroatoms. The highest BCUT2D eigenvalue weighted by Crippen LogP contribution is 2.27. The van der Waals surface area contributed by atoms with Gasteiger partial charge < -0.3 is 15.2 Å². The van der Waals surface area contributed by atoms with Crippen LogP contribution >= 0.6 is 11.6 Å². The molecule has 15 heavy (non-hydrogen) atoms. The maximum Gasteiger partial charge on any atom is 0.161 e. The molecule has 82 valence electrons. The van der Waals surface area contributed by atoms with Crippen LogP contribution in [0.4, 0.5) is 0 Å². The standard InChI is InChI=1S/C11H14ClNO2/c1-14-11-7-9(8-13)3-4-10(11)15-6-2-5-12/h2-5,7H,6,8,13H2,1H3/b5-2+. The zero-order chi connectivity index (χ0) is 11.1. The van der Waals surface area contributed by atoms with E-state index >= 15 is 0 Å². The van der Waals surface area contributed by atoms with Gasteiger partial charge in [0.15, 0.2) is 11.5 Å². The maximum atomic E-state index is 5.52. The largest absolute Gasteiger partial charge is 0.493 e. The van der Waals surface area contributed by atoms with Crippen LogP contribution in [0, 0.1) is 0 Å². The first-order valence-electron chi connectivity index (χ1n) is 4.56. The van der Waals surface area contributed by atoms with E-state index in [1.807, 2.05) is 18.2 Å². The summed E-state index contributed by atoms with van der Waals surface area (Å²) in [7, 11) is 1.60. The molecule has 0 aliphatic carbocycles. The lowest BCUT2D eigenvalue weighted by Crippen LogP contribution is -2.00. The summed E-state index contributed by atoms with van der Waals surface area (Å²) in [6.45, 7) is 0.903. The van der Waals surface area contributed by atoms with Gasteiger partial charge in [0, 0.05) is 12.1 Å². The Hall–Kier alpha value is -1.19. The molecule has 0 unspecified atom stereocenters. The first-order chi connectivity index (χ1) is 7.31. The van der Waals surface area contributed by atoms with Crippen LogP contribution in [0.5, 0.6) is 11.5 Å². The molecule has 0 heterocycles. The van der Waals surface area contributed by atoms with Gasteiger partial charge in [0.1, 0.15) is 6.61 Å². The third kappa shape index (κ3) is 3.46. The molecule has 0 aliphatic rings. The van der Waals surface area contributed by atoms with Crippen LogP contribution in [0.1, 0.15) is 5.56 Å². The third-order valence-corrected chi connectivity index (χ3v) is 2.07. The van der Waals surface area contributed by atoms with Crippen LogP contribution in [0.25, 0.3) is 0 Å². The molecular weight excluding hydrogens is 214 g/mol. The Morgan fingerprint density at radius 2 is 2.20 bits per heavy atom. The van der Waals surface area contributed by atoms with Gasteiger partial charge in [-0.3, -0.25) is 0 Å². The summed E-state index contributed by atoms with van der Waals surface area (Å²) in [6.07, 6.45) is 1.71. The lowest BCUT2D eigenvalue weighted by molar-refractivity contribution is 0.326. The van der Waals surface area contributed by atoms with Gasteiger partial charge in [-0.25, -0.2) is 0 Å². The van der Waals surface area contributed by atoms with Crippen molar-refractivity contribution in [2.24, 2.45) is 5.73 Å². The summed E-state index contributed by atoms with van der Waals surface area (Å²) in [5.74, 6) is 1.37. The lowest BCUT2D eigenvalue weighted by atomic mass is 10.2. The Bertz CT molecular complexity index is 339. The second kappa shape index (κ2) is 6.32. The Morgan fingerprint density at radius 1 is 1.40 bits per heavy atom. The summed E-state index contributed by atoms with van der Waals surface area (Å²) in [5, 5.41) is 0. The van der Waals surface area contributed by atoms with E-state index in [1.54, 1.807) is 13.2 Å². The Labute approximate surface area is 94.4 Å². The topological polar surface area (TPSA) is 44.5 Å². The molecular formula is C11H14ClNO2. The van der Waals surface area contributed by atoms with Crippen molar-refractivity contribution >= 4 is 11.6 Å². The number of rotatable bonds is 5. The van der Waals surface area contributed by atoms with Crippen molar-refractivity contribution in [2.45, 2.75) is 6.54 Å². The molecule has 0 aromatic heterocycles. The fourth-order valence-corrected chi connectivity index (χ4v) is 1.21.